The Morgan fingerprint density at radius 3 is 2.25 bits per heavy atom. The van der Waals surface area contributed by atoms with Crippen LogP contribution in [-0.4, -0.2) is 73.2 Å². The molecule has 2 aliphatic rings. The molecule has 7 heteroatoms. The van der Waals surface area contributed by atoms with Gasteiger partial charge in [0.25, 0.3) is 0 Å². The van der Waals surface area contributed by atoms with Gasteiger partial charge in [-0.3, -0.25) is 19.4 Å². The molecule has 32 heavy (non-hydrogen) atoms. The van der Waals surface area contributed by atoms with E-state index in [1.54, 1.807) is 21.9 Å². The lowest BCUT2D eigenvalue weighted by Crippen LogP contribution is -2.58. The maximum absolute atomic E-state index is 15.4. The number of carbonyl (C=O) groups is 2. The summed E-state index contributed by atoms with van der Waals surface area (Å²) >= 11 is 0. The van der Waals surface area contributed by atoms with Gasteiger partial charge in [-0.05, 0) is 39.1 Å². The van der Waals surface area contributed by atoms with E-state index in [-0.39, 0.29) is 18.1 Å². The van der Waals surface area contributed by atoms with Crippen LogP contribution in [0.1, 0.15) is 29.6 Å². The lowest BCUT2D eigenvalue weighted by atomic mass is 9.85. The molecule has 6 nitrogen and oxygen atoms in total. The van der Waals surface area contributed by atoms with Crippen LogP contribution >= 0.6 is 0 Å². The Labute approximate surface area is 189 Å². The molecule has 1 amide bonds. The van der Waals surface area contributed by atoms with Gasteiger partial charge in [-0.25, -0.2) is 4.39 Å². The summed E-state index contributed by atoms with van der Waals surface area (Å²) < 4.78 is 15.4. The monoisotopic (exact) mass is 438 g/mol. The number of anilines is 1. The van der Waals surface area contributed by atoms with Crippen molar-refractivity contribution in [3.05, 3.63) is 66.2 Å². The molecule has 1 N–H and O–H groups in total. The third-order valence-electron chi connectivity index (χ3n) is 6.83. The Morgan fingerprint density at radius 2 is 1.66 bits per heavy atom. The van der Waals surface area contributed by atoms with E-state index in [4.69, 9.17) is 0 Å². The number of piperidine rings is 1. The molecule has 2 unspecified atom stereocenters. The second-order valence-electron chi connectivity index (χ2n) is 8.88. The summed E-state index contributed by atoms with van der Waals surface area (Å²) in [4.78, 5) is 31.4. The normalized spacial score (nSPS) is 20.4. The van der Waals surface area contributed by atoms with Gasteiger partial charge in [-0.1, -0.05) is 48.5 Å². The maximum Gasteiger partial charge on any atom is 0.247 e. The van der Waals surface area contributed by atoms with Crippen molar-refractivity contribution < 1.29 is 14.0 Å². The van der Waals surface area contributed by atoms with Crippen molar-refractivity contribution >= 4 is 17.4 Å². The Balaban J connectivity index is 1.43. The van der Waals surface area contributed by atoms with Crippen molar-refractivity contribution in [2.24, 2.45) is 0 Å². The topological polar surface area (TPSA) is 55.9 Å². The molecule has 0 aliphatic carbocycles. The first-order valence-corrected chi connectivity index (χ1v) is 11.2. The van der Waals surface area contributed by atoms with Gasteiger partial charge in [0, 0.05) is 30.8 Å². The number of alkyl halides is 1. The molecule has 0 bridgehead atoms. The number of likely N-dealkylation sites (N-methyl/N-ethyl adjacent to an activating group) is 1. The molecule has 2 fully saturated rings. The molecule has 2 atom stereocenters. The summed E-state index contributed by atoms with van der Waals surface area (Å²) in [7, 11) is 3.62. The predicted molar refractivity (Wildman–Crippen MR) is 123 cm³/mol. The molecule has 0 aromatic heterocycles. The Kier molecular flexibility index (Phi) is 6.58. The number of ketones is 1. The van der Waals surface area contributed by atoms with Crippen LogP contribution in [0.25, 0.3) is 0 Å². The van der Waals surface area contributed by atoms with E-state index >= 15 is 4.39 Å². The SMILES string of the molecule is CN(C)C(CC(F)N1CCC2(CC1)C(=O)NCN2c1ccccc1)C(=O)c1ccccc1. The molecule has 170 valence electrons. The fourth-order valence-corrected chi connectivity index (χ4v) is 4.89. The number of nitrogens with zero attached hydrogens (tertiary/aromatic N) is 3. The number of hydrogen-bond acceptors (Lipinski definition) is 5. The summed E-state index contributed by atoms with van der Waals surface area (Å²) in [6.45, 7) is 1.41. The van der Waals surface area contributed by atoms with Crippen molar-refractivity contribution in [3.63, 3.8) is 0 Å². The highest BCUT2D eigenvalue weighted by atomic mass is 19.1. The second kappa shape index (κ2) is 9.38. The van der Waals surface area contributed by atoms with E-state index in [9.17, 15) is 9.59 Å². The highest BCUT2D eigenvalue weighted by Crippen LogP contribution is 2.37. The van der Waals surface area contributed by atoms with Crippen molar-refractivity contribution in [2.75, 3.05) is 38.8 Å². The Hall–Kier alpha value is -2.77. The number of rotatable bonds is 7. The van der Waals surface area contributed by atoms with Crippen molar-refractivity contribution in [1.29, 1.82) is 0 Å². The van der Waals surface area contributed by atoms with Gasteiger partial charge in [0.05, 0.1) is 12.7 Å². The number of halogens is 1. The molecule has 2 aromatic rings. The van der Waals surface area contributed by atoms with Gasteiger partial charge in [0.1, 0.15) is 5.54 Å². The zero-order chi connectivity index (χ0) is 22.7. The molecule has 2 saturated heterocycles. The molecule has 1 spiro atoms. The summed E-state index contributed by atoms with van der Waals surface area (Å²) in [6.07, 6.45) is -0.0505. The number of benzene rings is 2. The summed E-state index contributed by atoms with van der Waals surface area (Å²) in [5.74, 6) is -0.0565. The minimum absolute atomic E-state index is 0.0156. The highest BCUT2D eigenvalue weighted by Gasteiger charge is 2.51. The molecule has 2 heterocycles. The minimum Gasteiger partial charge on any atom is -0.339 e. The number of carbonyl (C=O) groups excluding carboxylic acids is 2. The van der Waals surface area contributed by atoms with Crippen LogP contribution < -0.4 is 10.2 Å². The Morgan fingerprint density at radius 1 is 1.06 bits per heavy atom. The second-order valence-corrected chi connectivity index (χ2v) is 8.88. The predicted octanol–water partition coefficient (Wildman–Crippen LogP) is 2.91. The Bertz CT molecular complexity index is 929. The third-order valence-corrected chi connectivity index (χ3v) is 6.83. The molecule has 2 aliphatic heterocycles. The lowest BCUT2D eigenvalue weighted by Gasteiger charge is -2.44. The first kappa shape index (κ1) is 22.4. The smallest absolute Gasteiger partial charge is 0.247 e. The number of amides is 1. The first-order valence-electron chi connectivity index (χ1n) is 11.2. The van der Waals surface area contributed by atoms with Crippen LogP contribution in [-0.2, 0) is 4.79 Å². The molecule has 2 aromatic carbocycles. The van der Waals surface area contributed by atoms with E-state index in [0.717, 1.165) is 5.69 Å². The molecular formula is C25H31FN4O2. The highest BCUT2D eigenvalue weighted by molar-refractivity contribution is 6.00. The van der Waals surface area contributed by atoms with Gasteiger partial charge in [-0.2, -0.15) is 0 Å². The zero-order valence-electron chi connectivity index (χ0n) is 18.7. The summed E-state index contributed by atoms with van der Waals surface area (Å²) in [5, 5.41) is 2.98. The fraction of sp³-hybridized carbons (Fsp3) is 0.440. The summed E-state index contributed by atoms with van der Waals surface area (Å²) in [5.41, 5.74) is 0.951. The third kappa shape index (κ3) is 4.27. The quantitative estimate of drug-likeness (QED) is 0.532. The van der Waals surface area contributed by atoms with Crippen molar-refractivity contribution in [1.82, 2.24) is 15.1 Å². The minimum atomic E-state index is -1.25. The van der Waals surface area contributed by atoms with E-state index in [0.29, 0.717) is 38.2 Å². The van der Waals surface area contributed by atoms with Gasteiger partial charge < -0.3 is 10.2 Å². The maximum atomic E-state index is 15.4. The molecule has 0 saturated carbocycles. The molecular weight excluding hydrogens is 407 g/mol. The van der Waals surface area contributed by atoms with Gasteiger partial charge in [0.2, 0.25) is 5.91 Å². The number of likely N-dealkylation sites (tertiary alicyclic amines) is 1. The number of hydrogen-bond donors (Lipinski definition) is 1. The van der Waals surface area contributed by atoms with Crippen LogP contribution in [0, 0.1) is 0 Å². The fourth-order valence-electron chi connectivity index (χ4n) is 4.89. The number of para-hydroxylation sites is 1. The van der Waals surface area contributed by atoms with E-state index in [1.165, 1.54) is 0 Å². The van der Waals surface area contributed by atoms with E-state index < -0.39 is 17.9 Å². The van der Waals surface area contributed by atoms with Gasteiger partial charge >= 0.3 is 0 Å². The number of nitrogens with one attached hydrogen (secondary N) is 1. The molecule has 4 rings (SSSR count). The van der Waals surface area contributed by atoms with E-state index in [1.807, 2.05) is 62.6 Å². The largest absolute Gasteiger partial charge is 0.339 e. The number of Topliss-reactive ketones (excluding diaryl/α,β-unsaturated/α-hetero) is 1. The van der Waals surface area contributed by atoms with Crippen molar-refractivity contribution in [3.8, 4) is 0 Å². The van der Waals surface area contributed by atoms with Gasteiger partial charge in [-0.15, -0.1) is 0 Å². The molecule has 0 radical (unpaired) electrons. The van der Waals surface area contributed by atoms with Crippen LogP contribution in [0.4, 0.5) is 10.1 Å². The van der Waals surface area contributed by atoms with Gasteiger partial charge in [0.15, 0.2) is 12.1 Å². The average Bonchev–Trinajstić information content (AvgIpc) is 3.13. The van der Waals surface area contributed by atoms with Crippen LogP contribution in [0.5, 0.6) is 0 Å². The van der Waals surface area contributed by atoms with Crippen LogP contribution in [0.2, 0.25) is 0 Å². The van der Waals surface area contributed by atoms with Crippen LogP contribution in [0.15, 0.2) is 60.7 Å². The van der Waals surface area contributed by atoms with Crippen LogP contribution in [0.3, 0.4) is 0 Å². The summed E-state index contributed by atoms with van der Waals surface area (Å²) in [6, 6.07) is 18.4. The standard InChI is InChI=1S/C25H31FN4O2/c1-28(2)21(23(31)19-9-5-3-6-10-19)17-22(26)29-15-13-25(14-16-29)24(32)27-18-30(25)20-11-7-4-8-12-20/h3-12,21-22H,13-18H2,1-2H3,(H,27,32). The zero-order valence-corrected chi connectivity index (χ0v) is 18.7. The lowest BCUT2D eigenvalue weighted by molar-refractivity contribution is -0.125. The van der Waals surface area contributed by atoms with E-state index in [2.05, 4.69) is 10.2 Å². The van der Waals surface area contributed by atoms with Crippen molar-refractivity contribution in [2.45, 2.75) is 37.1 Å². The first-order chi connectivity index (χ1) is 15.4. The average molecular weight is 439 g/mol.